The molecular formula is C12H22N4O4. The molecule has 0 radical (unpaired) electrons. The number of imide groups is 1. The van der Waals surface area contributed by atoms with Gasteiger partial charge in [0.05, 0.1) is 6.54 Å². The molecule has 5 N–H and O–H groups in total. The van der Waals surface area contributed by atoms with Crippen molar-refractivity contribution in [1.82, 2.24) is 15.5 Å². The normalized spacial score (nSPS) is 23.4. The Labute approximate surface area is 117 Å². The monoisotopic (exact) mass is 286 g/mol. The number of carbonyl (C=O) groups is 3. The summed E-state index contributed by atoms with van der Waals surface area (Å²) in [6.45, 7) is 5.85. The smallest absolute Gasteiger partial charge is 0.325 e. The lowest BCUT2D eigenvalue weighted by Crippen LogP contribution is -2.52. The molecule has 0 spiro atoms. The molecule has 1 aliphatic rings. The third-order valence-corrected chi connectivity index (χ3v) is 2.91. The average Bonchev–Trinajstić information content (AvgIpc) is 2.57. The van der Waals surface area contributed by atoms with Crippen LogP contribution >= 0.6 is 0 Å². The van der Waals surface area contributed by atoms with Gasteiger partial charge in [0.15, 0.2) is 0 Å². The van der Waals surface area contributed by atoms with E-state index in [1.807, 2.05) is 0 Å². The number of rotatable bonds is 3. The zero-order chi connectivity index (χ0) is 15.6. The minimum atomic E-state index is -1.31. The Morgan fingerprint density at radius 2 is 1.95 bits per heavy atom. The van der Waals surface area contributed by atoms with E-state index < -0.39 is 29.0 Å². The van der Waals surface area contributed by atoms with Crippen molar-refractivity contribution >= 4 is 17.9 Å². The number of aliphatic carboxylic acids is 1. The summed E-state index contributed by atoms with van der Waals surface area (Å²) in [5.41, 5.74) is 3.95. The highest BCUT2D eigenvalue weighted by molar-refractivity contribution is 5.95. The van der Waals surface area contributed by atoms with Crippen LogP contribution in [0.1, 0.15) is 27.2 Å². The molecule has 20 heavy (non-hydrogen) atoms. The summed E-state index contributed by atoms with van der Waals surface area (Å²) < 4.78 is 0. The molecule has 1 heterocycles. The molecule has 0 saturated carbocycles. The van der Waals surface area contributed by atoms with E-state index in [0.717, 1.165) is 0 Å². The van der Waals surface area contributed by atoms with Crippen molar-refractivity contribution in [2.24, 2.45) is 5.73 Å². The Morgan fingerprint density at radius 3 is 2.40 bits per heavy atom. The lowest BCUT2D eigenvalue weighted by atomic mass is 10.0. The SMILES string of the molecule is CC(C)(C)NC(=O)NC(=O)CN1CCC(N)(C(=O)O)C1. The number of likely N-dealkylation sites (tertiary alicyclic amines) is 1. The van der Waals surface area contributed by atoms with Crippen molar-refractivity contribution < 1.29 is 19.5 Å². The maximum atomic E-state index is 11.7. The Balaban J connectivity index is 2.41. The lowest BCUT2D eigenvalue weighted by Gasteiger charge is -2.22. The summed E-state index contributed by atoms with van der Waals surface area (Å²) >= 11 is 0. The minimum Gasteiger partial charge on any atom is -0.480 e. The highest BCUT2D eigenvalue weighted by atomic mass is 16.4. The van der Waals surface area contributed by atoms with Crippen LogP contribution in [0, 0.1) is 0 Å². The van der Waals surface area contributed by atoms with Gasteiger partial charge >= 0.3 is 12.0 Å². The highest BCUT2D eigenvalue weighted by Crippen LogP contribution is 2.18. The molecular weight excluding hydrogens is 264 g/mol. The van der Waals surface area contributed by atoms with Crippen molar-refractivity contribution in [3.8, 4) is 0 Å². The second kappa shape index (κ2) is 5.76. The van der Waals surface area contributed by atoms with E-state index in [4.69, 9.17) is 10.8 Å². The van der Waals surface area contributed by atoms with Crippen LogP contribution in [0.15, 0.2) is 0 Å². The van der Waals surface area contributed by atoms with Crippen LogP contribution in [0.25, 0.3) is 0 Å². The number of nitrogens with one attached hydrogen (secondary N) is 2. The van der Waals surface area contributed by atoms with Gasteiger partial charge in [0.1, 0.15) is 5.54 Å². The van der Waals surface area contributed by atoms with E-state index in [0.29, 0.717) is 6.54 Å². The molecule has 3 amide bonds. The zero-order valence-electron chi connectivity index (χ0n) is 12.0. The first-order chi connectivity index (χ1) is 9.02. The van der Waals surface area contributed by atoms with Gasteiger partial charge in [-0.05, 0) is 27.2 Å². The van der Waals surface area contributed by atoms with Gasteiger partial charge in [0.25, 0.3) is 0 Å². The van der Waals surface area contributed by atoms with E-state index in [9.17, 15) is 14.4 Å². The number of carboxylic acid groups (broad SMARTS) is 1. The Morgan fingerprint density at radius 1 is 1.35 bits per heavy atom. The number of hydrogen-bond acceptors (Lipinski definition) is 5. The molecule has 114 valence electrons. The summed E-state index contributed by atoms with van der Waals surface area (Å²) in [6, 6.07) is -0.570. The molecule has 0 bridgehead atoms. The van der Waals surface area contributed by atoms with Gasteiger partial charge in [0, 0.05) is 18.6 Å². The topological polar surface area (TPSA) is 125 Å². The highest BCUT2D eigenvalue weighted by Gasteiger charge is 2.41. The molecule has 1 aliphatic heterocycles. The van der Waals surface area contributed by atoms with Crippen LogP contribution in [-0.4, -0.2) is 58.6 Å². The zero-order valence-corrected chi connectivity index (χ0v) is 12.0. The van der Waals surface area contributed by atoms with E-state index in [1.165, 1.54) is 0 Å². The van der Waals surface area contributed by atoms with Crippen LogP contribution in [0.4, 0.5) is 4.79 Å². The van der Waals surface area contributed by atoms with E-state index >= 15 is 0 Å². The van der Waals surface area contributed by atoms with Gasteiger partial charge in [-0.1, -0.05) is 0 Å². The fourth-order valence-electron chi connectivity index (χ4n) is 1.97. The van der Waals surface area contributed by atoms with Crippen LogP contribution in [0.2, 0.25) is 0 Å². The van der Waals surface area contributed by atoms with E-state index in [-0.39, 0.29) is 19.5 Å². The maximum absolute atomic E-state index is 11.7. The van der Waals surface area contributed by atoms with Crippen LogP contribution in [0.5, 0.6) is 0 Å². The van der Waals surface area contributed by atoms with Gasteiger partial charge in [0.2, 0.25) is 5.91 Å². The molecule has 8 heteroatoms. The second-order valence-electron chi connectivity index (χ2n) is 6.17. The predicted octanol–water partition coefficient (Wildman–Crippen LogP) is -0.901. The Hall–Kier alpha value is -1.67. The summed E-state index contributed by atoms with van der Waals surface area (Å²) in [7, 11) is 0. The largest absolute Gasteiger partial charge is 0.480 e. The Kier molecular flexibility index (Phi) is 4.72. The number of urea groups is 1. The number of carboxylic acids is 1. The van der Waals surface area contributed by atoms with Gasteiger partial charge in [-0.25, -0.2) is 4.79 Å². The third kappa shape index (κ3) is 4.78. The molecule has 0 aliphatic carbocycles. The van der Waals surface area contributed by atoms with Crippen molar-refractivity contribution in [3.63, 3.8) is 0 Å². The molecule has 1 atom stereocenters. The Bertz CT molecular complexity index is 418. The van der Waals surface area contributed by atoms with Crippen LogP contribution in [0.3, 0.4) is 0 Å². The average molecular weight is 286 g/mol. The first kappa shape index (κ1) is 16.4. The molecule has 1 rings (SSSR count). The first-order valence-corrected chi connectivity index (χ1v) is 6.38. The van der Waals surface area contributed by atoms with Crippen molar-refractivity contribution in [2.45, 2.75) is 38.3 Å². The molecule has 8 nitrogen and oxygen atoms in total. The molecule has 1 unspecified atom stereocenters. The van der Waals surface area contributed by atoms with Crippen LogP contribution in [-0.2, 0) is 9.59 Å². The molecule has 0 aromatic carbocycles. The number of carbonyl (C=O) groups excluding carboxylic acids is 2. The van der Waals surface area contributed by atoms with Gasteiger partial charge in [-0.3, -0.25) is 19.8 Å². The second-order valence-corrected chi connectivity index (χ2v) is 6.17. The lowest BCUT2D eigenvalue weighted by molar-refractivity contribution is -0.143. The number of nitrogens with zero attached hydrogens (tertiary/aromatic N) is 1. The minimum absolute atomic E-state index is 0.0518. The third-order valence-electron chi connectivity index (χ3n) is 2.91. The standard InChI is InChI=1S/C12H22N4O4/c1-11(2,3)15-10(20)14-8(17)6-16-5-4-12(13,7-16)9(18)19/h4-7,13H2,1-3H3,(H,18,19)(H2,14,15,17,20). The van der Waals surface area contributed by atoms with Gasteiger partial charge in [-0.15, -0.1) is 0 Å². The van der Waals surface area contributed by atoms with Crippen LogP contribution < -0.4 is 16.4 Å². The van der Waals surface area contributed by atoms with Gasteiger partial charge < -0.3 is 16.2 Å². The molecule has 0 aromatic rings. The molecule has 1 fully saturated rings. The number of hydrogen-bond donors (Lipinski definition) is 4. The summed E-state index contributed by atoms with van der Waals surface area (Å²) in [5.74, 6) is -1.56. The quantitative estimate of drug-likeness (QED) is 0.533. The molecule has 0 aromatic heterocycles. The van der Waals surface area contributed by atoms with Crippen molar-refractivity contribution in [2.75, 3.05) is 19.6 Å². The maximum Gasteiger partial charge on any atom is 0.325 e. The van der Waals surface area contributed by atoms with Crippen molar-refractivity contribution in [1.29, 1.82) is 0 Å². The fourth-order valence-corrected chi connectivity index (χ4v) is 1.97. The first-order valence-electron chi connectivity index (χ1n) is 6.38. The summed E-state index contributed by atoms with van der Waals surface area (Å²) in [6.07, 6.45) is 0.282. The van der Waals surface area contributed by atoms with Crippen molar-refractivity contribution in [3.05, 3.63) is 0 Å². The fraction of sp³-hybridized carbons (Fsp3) is 0.750. The summed E-state index contributed by atoms with van der Waals surface area (Å²) in [4.78, 5) is 35.8. The number of nitrogens with two attached hydrogens (primary N) is 1. The van der Waals surface area contributed by atoms with E-state index in [2.05, 4.69) is 10.6 Å². The molecule has 1 saturated heterocycles. The number of amides is 3. The summed E-state index contributed by atoms with van der Waals surface area (Å²) in [5, 5.41) is 13.8. The van der Waals surface area contributed by atoms with E-state index in [1.54, 1.807) is 25.7 Å². The van der Waals surface area contributed by atoms with Gasteiger partial charge in [-0.2, -0.15) is 0 Å². The predicted molar refractivity (Wildman–Crippen MR) is 72.0 cm³/mol.